The van der Waals surface area contributed by atoms with E-state index in [9.17, 15) is 18.0 Å². The van der Waals surface area contributed by atoms with E-state index >= 15 is 0 Å². The van der Waals surface area contributed by atoms with Crippen molar-refractivity contribution in [1.82, 2.24) is 20.1 Å². The first kappa shape index (κ1) is 23.3. The molecular weight excluding hydrogens is 416 g/mol. The van der Waals surface area contributed by atoms with Crippen molar-refractivity contribution in [3.63, 3.8) is 0 Å². The number of benzene rings is 1. The second-order valence-corrected chi connectivity index (χ2v) is 10.8. The Labute approximate surface area is 183 Å². The highest BCUT2D eigenvalue weighted by Gasteiger charge is 2.30. The molecule has 9 heteroatoms. The number of H-pyrrole nitrogens is 1. The minimum Gasteiger partial charge on any atom is -0.361 e. The smallest absolute Gasteiger partial charge is 0.245 e. The van der Waals surface area contributed by atoms with Crippen molar-refractivity contribution in [1.29, 1.82) is 0 Å². The van der Waals surface area contributed by atoms with Crippen molar-refractivity contribution in [2.75, 3.05) is 44.7 Å². The average Bonchev–Trinajstić information content (AvgIpc) is 3.14. The molecule has 1 saturated heterocycles. The molecule has 0 spiro atoms. The molecule has 1 aromatic heterocycles. The van der Waals surface area contributed by atoms with Gasteiger partial charge in [-0.05, 0) is 11.6 Å². The van der Waals surface area contributed by atoms with Gasteiger partial charge in [0.25, 0.3) is 0 Å². The first-order valence-electron chi connectivity index (χ1n) is 10.7. The first-order chi connectivity index (χ1) is 14.6. The van der Waals surface area contributed by atoms with Gasteiger partial charge < -0.3 is 15.2 Å². The van der Waals surface area contributed by atoms with Crippen LogP contribution in [0.4, 0.5) is 0 Å². The van der Waals surface area contributed by atoms with Gasteiger partial charge in [0.15, 0.2) is 0 Å². The van der Waals surface area contributed by atoms with Gasteiger partial charge in [0.2, 0.25) is 11.8 Å². The van der Waals surface area contributed by atoms with E-state index in [1.54, 1.807) is 4.90 Å². The van der Waals surface area contributed by atoms with Crippen molar-refractivity contribution >= 4 is 32.6 Å². The molecule has 1 aliphatic rings. The minimum atomic E-state index is -3.01. The van der Waals surface area contributed by atoms with Crippen molar-refractivity contribution in [3.8, 4) is 0 Å². The lowest BCUT2D eigenvalue weighted by atomic mass is 10.0. The summed E-state index contributed by atoms with van der Waals surface area (Å²) in [6, 6.07) is 7.26. The van der Waals surface area contributed by atoms with Crippen LogP contribution in [0, 0.1) is 5.92 Å². The number of amides is 2. The van der Waals surface area contributed by atoms with E-state index in [1.165, 1.54) is 6.26 Å². The van der Waals surface area contributed by atoms with Crippen LogP contribution in [0.2, 0.25) is 0 Å². The maximum atomic E-state index is 13.3. The van der Waals surface area contributed by atoms with Gasteiger partial charge in [-0.25, -0.2) is 8.42 Å². The number of fused-ring (bicyclic) bond motifs is 1. The number of hydrogen-bond acceptors (Lipinski definition) is 5. The van der Waals surface area contributed by atoms with E-state index < -0.39 is 15.9 Å². The second kappa shape index (κ2) is 9.82. The van der Waals surface area contributed by atoms with Gasteiger partial charge in [0, 0.05) is 68.4 Å². The molecular formula is C22H32N4O4S. The lowest BCUT2D eigenvalue weighted by molar-refractivity contribution is -0.138. The predicted octanol–water partition coefficient (Wildman–Crippen LogP) is 1.04. The Morgan fingerprint density at radius 3 is 2.45 bits per heavy atom. The Hall–Kier alpha value is -2.39. The van der Waals surface area contributed by atoms with E-state index in [0.717, 1.165) is 16.5 Å². The predicted molar refractivity (Wildman–Crippen MR) is 122 cm³/mol. The fraction of sp³-hybridized carbons (Fsp3) is 0.545. The Morgan fingerprint density at radius 1 is 1.13 bits per heavy atom. The quantitative estimate of drug-likeness (QED) is 0.628. The molecule has 1 aromatic carbocycles. The molecule has 1 aliphatic heterocycles. The standard InChI is InChI=1S/C22H32N4O4S/c1-16(2)21(27)24-20(14-17-15-23-19-7-5-4-6-18(17)19)22(28)26-10-8-25(9-11-26)12-13-31(3,29)30/h4-7,15-16,20,23H,8-14H2,1-3H3,(H,24,27). The number of rotatable bonds is 8. The van der Waals surface area contributed by atoms with Gasteiger partial charge in [0.1, 0.15) is 15.9 Å². The molecule has 0 aliphatic carbocycles. The molecule has 1 fully saturated rings. The third kappa shape index (κ3) is 6.30. The zero-order chi connectivity index (χ0) is 22.6. The molecule has 2 heterocycles. The Kier molecular flexibility index (Phi) is 7.38. The Balaban J connectivity index is 1.69. The summed E-state index contributed by atoms with van der Waals surface area (Å²) in [5.41, 5.74) is 1.99. The van der Waals surface area contributed by atoms with Crippen LogP contribution in [0.5, 0.6) is 0 Å². The molecule has 170 valence electrons. The maximum Gasteiger partial charge on any atom is 0.245 e. The van der Waals surface area contributed by atoms with E-state index in [-0.39, 0.29) is 23.5 Å². The number of sulfone groups is 1. The van der Waals surface area contributed by atoms with Crippen molar-refractivity contribution in [2.24, 2.45) is 5.92 Å². The van der Waals surface area contributed by atoms with Crippen LogP contribution < -0.4 is 5.32 Å². The molecule has 2 N–H and O–H groups in total. The number of carbonyl (C=O) groups excluding carboxylic acids is 2. The Bertz CT molecular complexity index is 1020. The van der Waals surface area contributed by atoms with Gasteiger partial charge in [-0.2, -0.15) is 0 Å². The first-order valence-corrected chi connectivity index (χ1v) is 12.7. The summed E-state index contributed by atoms with van der Waals surface area (Å²) in [6.07, 6.45) is 3.55. The zero-order valence-electron chi connectivity index (χ0n) is 18.4. The third-order valence-corrected chi connectivity index (χ3v) is 6.62. The molecule has 2 aromatic rings. The van der Waals surface area contributed by atoms with Crippen molar-refractivity contribution in [3.05, 3.63) is 36.0 Å². The maximum absolute atomic E-state index is 13.3. The number of piperazine rings is 1. The Morgan fingerprint density at radius 2 is 1.81 bits per heavy atom. The number of carbonyl (C=O) groups is 2. The summed E-state index contributed by atoms with van der Waals surface area (Å²) in [7, 11) is -3.01. The fourth-order valence-electron chi connectivity index (χ4n) is 3.77. The zero-order valence-corrected chi connectivity index (χ0v) is 19.2. The van der Waals surface area contributed by atoms with Gasteiger partial charge in [-0.15, -0.1) is 0 Å². The largest absolute Gasteiger partial charge is 0.361 e. The lowest BCUT2D eigenvalue weighted by Gasteiger charge is -2.36. The lowest BCUT2D eigenvalue weighted by Crippen LogP contribution is -2.56. The SMILES string of the molecule is CC(C)C(=O)NC(Cc1c[nH]c2ccccc12)C(=O)N1CCN(CCS(C)(=O)=O)CC1. The summed E-state index contributed by atoms with van der Waals surface area (Å²) in [5.74, 6) is -0.340. The van der Waals surface area contributed by atoms with Crippen LogP contribution in [0.1, 0.15) is 19.4 Å². The van der Waals surface area contributed by atoms with E-state index in [0.29, 0.717) is 39.1 Å². The molecule has 0 bridgehead atoms. The summed E-state index contributed by atoms with van der Waals surface area (Å²) < 4.78 is 22.8. The van der Waals surface area contributed by atoms with E-state index in [4.69, 9.17) is 0 Å². The highest BCUT2D eigenvalue weighted by molar-refractivity contribution is 7.90. The van der Waals surface area contributed by atoms with Crippen LogP contribution in [-0.4, -0.2) is 85.8 Å². The van der Waals surface area contributed by atoms with E-state index in [2.05, 4.69) is 15.2 Å². The highest BCUT2D eigenvalue weighted by Crippen LogP contribution is 2.20. The van der Waals surface area contributed by atoms with Crippen LogP contribution in [0.15, 0.2) is 30.5 Å². The topological polar surface area (TPSA) is 103 Å². The van der Waals surface area contributed by atoms with E-state index in [1.807, 2.05) is 44.3 Å². The summed E-state index contributed by atoms with van der Waals surface area (Å²) in [5, 5.41) is 3.98. The van der Waals surface area contributed by atoms with Gasteiger partial charge >= 0.3 is 0 Å². The van der Waals surface area contributed by atoms with Gasteiger partial charge in [-0.3, -0.25) is 14.5 Å². The van der Waals surface area contributed by atoms with Crippen LogP contribution in [0.25, 0.3) is 10.9 Å². The molecule has 0 saturated carbocycles. The number of para-hydroxylation sites is 1. The van der Waals surface area contributed by atoms with Gasteiger partial charge in [0.05, 0.1) is 5.75 Å². The van der Waals surface area contributed by atoms with Crippen LogP contribution in [0.3, 0.4) is 0 Å². The molecule has 1 atom stereocenters. The fourth-order valence-corrected chi connectivity index (χ4v) is 4.36. The number of aromatic amines is 1. The summed E-state index contributed by atoms with van der Waals surface area (Å²) in [6.45, 7) is 6.38. The normalized spacial score (nSPS) is 16.6. The summed E-state index contributed by atoms with van der Waals surface area (Å²) >= 11 is 0. The number of nitrogens with one attached hydrogen (secondary N) is 2. The molecule has 3 rings (SSSR count). The molecule has 2 amide bonds. The van der Waals surface area contributed by atoms with Crippen molar-refractivity contribution < 1.29 is 18.0 Å². The number of aromatic nitrogens is 1. The molecule has 0 radical (unpaired) electrons. The molecule has 31 heavy (non-hydrogen) atoms. The average molecular weight is 449 g/mol. The van der Waals surface area contributed by atoms with Crippen LogP contribution >= 0.6 is 0 Å². The molecule has 8 nitrogen and oxygen atoms in total. The minimum absolute atomic E-state index is 0.0953. The highest BCUT2D eigenvalue weighted by atomic mass is 32.2. The number of hydrogen-bond donors (Lipinski definition) is 2. The molecule has 1 unspecified atom stereocenters. The summed E-state index contributed by atoms with van der Waals surface area (Å²) in [4.78, 5) is 32.8. The van der Waals surface area contributed by atoms with Gasteiger partial charge in [-0.1, -0.05) is 32.0 Å². The second-order valence-electron chi connectivity index (χ2n) is 8.58. The monoisotopic (exact) mass is 448 g/mol. The van der Waals surface area contributed by atoms with Crippen LogP contribution in [-0.2, 0) is 25.8 Å². The number of nitrogens with zero attached hydrogens (tertiary/aromatic N) is 2. The third-order valence-electron chi connectivity index (χ3n) is 5.70. The van der Waals surface area contributed by atoms with Crippen molar-refractivity contribution in [2.45, 2.75) is 26.3 Å².